The van der Waals surface area contributed by atoms with Crippen LogP contribution in [0.2, 0.25) is 0 Å². The molecule has 0 bridgehead atoms. The molecule has 5 heteroatoms. The van der Waals surface area contributed by atoms with Gasteiger partial charge in [-0.3, -0.25) is 0 Å². The topological polar surface area (TPSA) is 44.8 Å². The van der Waals surface area contributed by atoms with Crippen molar-refractivity contribution in [1.29, 1.82) is 0 Å². The lowest BCUT2D eigenvalue weighted by Gasteiger charge is -2.26. The average molecular weight is 305 g/mol. The van der Waals surface area contributed by atoms with Crippen molar-refractivity contribution in [2.24, 2.45) is 0 Å². The molecule has 22 heavy (non-hydrogen) atoms. The Balaban J connectivity index is 2.21. The summed E-state index contributed by atoms with van der Waals surface area (Å²) < 4.78 is 5.54. The van der Waals surface area contributed by atoms with E-state index in [9.17, 15) is 4.79 Å². The number of anilines is 1. The third kappa shape index (κ3) is 3.35. The van der Waals surface area contributed by atoms with Crippen LogP contribution in [0.15, 0.2) is 18.2 Å². The fourth-order valence-corrected chi connectivity index (χ4v) is 2.67. The number of amides is 1. The molecule has 0 radical (unpaired) electrons. The second kappa shape index (κ2) is 6.57. The Kier molecular flexibility index (Phi) is 4.96. The first-order valence-electron chi connectivity index (χ1n) is 7.82. The number of nitrogens with zero attached hydrogens (tertiary/aromatic N) is 2. The van der Waals surface area contributed by atoms with Gasteiger partial charge in [-0.25, -0.2) is 4.79 Å². The molecule has 5 nitrogen and oxygen atoms in total. The van der Waals surface area contributed by atoms with Gasteiger partial charge in [0.25, 0.3) is 0 Å². The van der Waals surface area contributed by atoms with E-state index in [4.69, 9.17) is 4.74 Å². The van der Waals surface area contributed by atoms with Crippen LogP contribution >= 0.6 is 0 Å². The number of rotatable bonds is 5. The summed E-state index contributed by atoms with van der Waals surface area (Å²) in [5.74, 6) is 0.622. The van der Waals surface area contributed by atoms with E-state index in [1.165, 1.54) is 5.56 Å². The van der Waals surface area contributed by atoms with Crippen molar-refractivity contribution in [1.82, 2.24) is 9.80 Å². The van der Waals surface area contributed by atoms with Crippen LogP contribution in [0.25, 0.3) is 0 Å². The van der Waals surface area contributed by atoms with Crippen LogP contribution in [0.3, 0.4) is 0 Å². The van der Waals surface area contributed by atoms with E-state index in [2.05, 4.69) is 37.3 Å². The first kappa shape index (κ1) is 16.6. The van der Waals surface area contributed by atoms with Crippen molar-refractivity contribution in [2.75, 3.05) is 46.1 Å². The maximum absolute atomic E-state index is 12.0. The molecule has 1 aliphatic rings. The molecule has 0 saturated heterocycles. The van der Waals surface area contributed by atoms with E-state index < -0.39 is 0 Å². The van der Waals surface area contributed by atoms with E-state index in [1.54, 1.807) is 11.9 Å². The maximum atomic E-state index is 12.0. The normalized spacial score (nSPS) is 19.7. The van der Waals surface area contributed by atoms with Crippen LogP contribution in [-0.4, -0.2) is 56.7 Å². The fourth-order valence-electron chi connectivity index (χ4n) is 2.67. The summed E-state index contributed by atoms with van der Waals surface area (Å²) in [4.78, 5) is 15.7. The molecule has 122 valence electrons. The zero-order valence-corrected chi connectivity index (χ0v) is 14.3. The van der Waals surface area contributed by atoms with Crippen molar-refractivity contribution >= 4 is 11.8 Å². The summed E-state index contributed by atoms with van der Waals surface area (Å²) in [6.07, 6.45) is 0.742. The molecule has 1 unspecified atom stereocenters. The number of para-hydroxylation sites is 1. The van der Waals surface area contributed by atoms with Gasteiger partial charge >= 0.3 is 6.09 Å². The molecular weight excluding hydrogens is 278 g/mol. The van der Waals surface area contributed by atoms with Crippen molar-refractivity contribution < 1.29 is 9.53 Å². The van der Waals surface area contributed by atoms with Crippen molar-refractivity contribution in [3.63, 3.8) is 0 Å². The van der Waals surface area contributed by atoms with Gasteiger partial charge < -0.3 is 19.9 Å². The lowest BCUT2D eigenvalue weighted by Crippen LogP contribution is -2.29. The van der Waals surface area contributed by atoms with Crippen LogP contribution in [-0.2, 0) is 5.41 Å². The van der Waals surface area contributed by atoms with Gasteiger partial charge in [0.2, 0.25) is 0 Å². The van der Waals surface area contributed by atoms with Crippen molar-refractivity contribution in [2.45, 2.75) is 25.7 Å². The molecule has 1 atom stereocenters. The predicted octanol–water partition coefficient (Wildman–Crippen LogP) is 2.77. The minimum atomic E-state index is -0.320. The number of carbonyl (C=O) groups is 1. The monoisotopic (exact) mass is 305 g/mol. The minimum Gasteiger partial charge on any atom is -0.408 e. The van der Waals surface area contributed by atoms with E-state index in [0.29, 0.717) is 12.3 Å². The van der Waals surface area contributed by atoms with Gasteiger partial charge in [0.15, 0.2) is 5.75 Å². The van der Waals surface area contributed by atoms with E-state index in [-0.39, 0.29) is 11.5 Å². The van der Waals surface area contributed by atoms with Crippen molar-refractivity contribution in [3.8, 4) is 5.75 Å². The Labute approximate surface area is 133 Å². The molecule has 0 fully saturated rings. The highest BCUT2D eigenvalue weighted by Crippen LogP contribution is 2.44. The molecule has 0 aliphatic carbocycles. The Morgan fingerprint density at radius 3 is 2.73 bits per heavy atom. The number of fused-ring (bicyclic) bond motifs is 1. The average Bonchev–Trinajstić information content (AvgIpc) is 2.83. The lowest BCUT2D eigenvalue weighted by atomic mass is 9.81. The van der Waals surface area contributed by atoms with Gasteiger partial charge in [0.05, 0.1) is 5.69 Å². The van der Waals surface area contributed by atoms with Gasteiger partial charge in [-0.2, -0.15) is 0 Å². The summed E-state index contributed by atoms with van der Waals surface area (Å²) in [6.45, 7) is 6.71. The molecule has 1 heterocycles. The third-order valence-electron chi connectivity index (χ3n) is 4.43. The highest BCUT2D eigenvalue weighted by molar-refractivity contribution is 5.76. The standard InChI is InChI=1S/C17H27N3O2/c1-6-20(5)16(21)22-14-9-7-8-13-15(14)18-12-17(13,2)10-11-19(3)4/h7-9,18H,6,10-12H2,1-5H3. The van der Waals surface area contributed by atoms with Crippen LogP contribution in [0.5, 0.6) is 5.75 Å². The summed E-state index contributed by atoms with van der Waals surface area (Å²) >= 11 is 0. The molecular formula is C17H27N3O2. The molecule has 0 saturated carbocycles. The highest BCUT2D eigenvalue weighted by atomic mass is 16.6. The van der Waals surface area contributed by atoms with E-state index >= 15 is 0 Å². The van der Waals surface area contributed by atoms with E-state index in [0.717, 1.165) is 25.2 Å². The van der Waals surface area contributed by atoms with Crippen LogP contribution in [0, 0.1) is 0 Å². The summed E-state index contributed by atoms with van der Waals surface area (Å²) in [5, 5.41) is 3.43. The Morgan fingerprint density at radius 1 is 1.36 bits per heavy atom. The molecule has 1 aliphatic heterocycles. The molecule has 0 aromatic heterocycles. The van der Waals surface area contributed by atoms with Gasteiger partial charge in [-0.05, 0) is 45.6 Å². The summed E-state index contributed by atoms with van der Waals surface area (Å²) in [6, 6.07) is 5.95. The molecule has 1 N–H and O–H groups in total. The molecule has 1 aromatic carbocycles. The SMILES string of the molecule is CCN(C)C(=O)Oc1cccc2c1NCC2(C)CCN(C)C. The minimum absolute atomic E-state index is 0.0681. The third-order valence-corrected chi connectivity index (χ3v) is 4.43. The molecule has 1 amide bonds. The number of ether oxygens (including phenoxy) is 1. The van der Waals surface area contributed by atoms with Crippen LogP contribution in [0.4, 0.5) is 10.5 Å². The van der Waals surface area contributed by atoms with E-state index in [1.807, 2.05) is 19.1 Å². The van der Waals surface area contributed by atoms with Gasteiger partial charge in [-0.15, -0.1) is 0 Å². The smallest absolute Gasteiger partial charge is 0.408 e. The fraction of sp³-hybridized carbons (Fsp3) is 0.588. The zero-order valence-electron chi connectivity index (χ0n) is 14.3. The maximum Gasteiger partial charge on any atom is 0.415 e. The number of carbonyl (C=O) groups excluding carboxylic acids is 1. The van der Waals surface area contributed by atoms with Crippen molar-refractivity contribution in [3.05, 3.63) is 23.8 Å². The second-order valence-electron chi connectivity index (χ2n) is 6.53. The summed E-state index contributed by atoms with van der Waals surface area (Å²) in [7, 11) is 5.91. The molecule has 2 rings (SSSR count). The van der Waals surface area contributed by atoms with Gasteiger partial charge in [-0.1, -0.05) is 19.1 Å². The number of hydrogen-bond donors (Lipinski definition) is 1. The highest BCUT2D eigenvalue weighted by Gasteiger charge is 2.36. The first-order valence-corrected chi connectivity index (χ1v) is 7.82. The largest absolute Gasteiger partial charge is 0.415 e. The Hall–Kier alpha value is -1.75. The Morgan fingerprint density at radius 2 is 2.09 bits per heavy atom. The lowest BCUT2D eigenvalue weighted by molar-refractivity contribution is 0.165. The van der Waals surface area contributed by atoms with Crippen LogP contribution < -0.4 is 10.1 Å². The first-order chi connectivity index (χ1) is 10.4. The predicted molar refractivity (Wildman–Crippen MR) is 89.8 cm³/mol. The van der Waals surface area contributed by atoms with Crippen LogP contribution in [0.1, 0.15) is 25.8 Å². The summed E-state index contributed by atoms with van der Waals surface area (Å²) in [5.41, 5.74) is 2.26. The zero-order chi connectivity index (χ0) is 16.3. The molecule has 0 spiro atoms. The number of hydrogen-bond acceptors (Lipinski definition) is 4. The number of benzene rings is 1. The Bertz CT molecular complexity index is 545. The second-order valence-corrected chi connectivity index (χ2v) is 6.53. The number of nitrogens with one attached hydrogen (secondary N) is 1. The van der Waals surface area contributed by atoms with Gasteiger partial charge in [0, 0.05) is 25.6 Å². The van der Waals surface area contributed by atoms with Gasteiger partial charge in [0.1, 0.15) is 0 Å². The quantitative estimate of drug-likeness (QED) is 0.908. The molecule has 1 aromatic rings.